The zero-order valence-corrected chi connectivity index (χ0v) is 20.8. The molecule has 1 N–H and O–H groups in total. The predicted octanol–water partition coefficient (Wildman–Crippen LogP) is 6.28. The number of alkyl halides is 6. The molecular weight excluding hydrogens is 517 g/mol. The summed E-state index contributed by atoms with van der Waals surface area (Å²) in [4.78, 5) is 3.48. The number of pyridine rings is 1. The van der Waals surface area contributed by atoms with Gasteiger partial charge in [0.15, 0.2) is 0 Å². The first-order valence-electron chi connectivity index (χ1n) is 12.7. The van der Waals surface area contributed by atoms with E-state index >= 15 is 0 Å². The number of piperidine rings is 1. The SMILES string of the molecule is FC(F)(F)c1cc(C(OB(c2ccccc2)c2ccccc2)C2CCCCN2)c2cccc(C(F)(F)F)c2n1. The molecule has 0 aliphatic carbocycles. The van der Waals surface area contributed by atoms with E-state index in [9.17, 15) is 26.3 Å². The maximum absolute atomic E-state index is 14.0. The molecule has 10 heteroatoms. The second kappa shape index (κ2) is 11.0. The van der Waals surface area contributed by atoms with E-state index in [1.807, 2.05) is 60.7 Å². The van der Waals surface area contributed by atoms with Crippen molar-refractivity contribution in [2.45, 2.75) is 43.8 Å². The normalized spacial score (nSPS) is 17.2. The quantitative estimate of drug-likeness (QED) is 0.230. The second-order valence-corrected chi connectivity index (χ2v) is 9.61. The summed E-state index contributed by atoms with van der Waals surface area (Å²) in [6.07, 6.45) is -8.56. The number of rotatable bonds is 6. The van der Waals surface area contributed by atoms with Crippen LogP contribution in [0.3, 0.4) is 0 Å². The first-order valence-corrected chi connectivity index (χ1v) is 12.7. The van der Waals surface area contributed by atoms with E-state index in [-0.39, 0.29) is 10.9 Å². The standard InChI is InChI=1S/C29H25BF6N2O/c31-28(32,33)23-15-9-14-21-22(18-25(29(34,35)36)38-26(21)23)27(24-16-7-8-17-37-24)39-30(19-10-3-1-4-11-19)20-12-5-2-6-13-20/h1-6,9-15,18,24,27,37H,7-8,16-17H2. The molecule has 39 heavy (non-hydrogen) atoms. The van der Waals surface area contributed by atoms with Crippen LogP contribution in [-0.4, -0.2) is 24.5 Å². The van der Waals surface area contributed by atoms with Crippen LogP contribution in [0.1, 0.15) is 42.2 Å². The maximum Gasteiger partial charge on any atom is 0.433 e. The van der Waals surface area contributed by atoms with E-state index in [2.05, 4.69) is 10.3 Å². The highest BCUT2D eigenvalue weighted by Crippen LogP contribution is 2.41. The molecule has 2 unspecified atom stereocenters. The Morgan fingerprint density at radius 1 is 0.795 bits per heavy atom. The van der Waals surface area contributed by atoms with Gasteiger partial charge in [-0.05, 0) is 48.0 Å². The molecule has 0 amide bonds. The highest BCUT2D eigenvalue weighted by molar-refractivity contribution is 6.80. The highest BCUT2D eigenvalue weighted by Gasteiger charge is 2.40. The van der Waals surface area contributed by atoms with E-state index in [0.29, 0.717) is 13.0 Å². The van der Waals surface area contributed by atoms with E-state index in [0.717, 1.165) is 35.9 Å². The first kappa shape index (κ1) is 27.2. The summed E-state index contributed by atoms with van der Waals surface area (Å²) < 4.78 is 90.5. The van der Waals surface area contributed by atoms with E-state index in [1.54, 1.807) is 0 Å². The Labute approximate surface area is 222 Å². The lowest BCUT2D eigenvalue weighted by molar-refractivity contribution is -0.142. The van der Waals surface area contributed by atoms with Crippen molar-refractivity contribution < 1.29 is 31.0 Å². The third kappa shape index (κ3) is 5.97. The van der Waals surface area contributed by atoms with Gasteiger partial charge in [-0.1, -0.05) is 79.2 Å². The van der Waals surface area contributed by atoms with Gasteiger partial charge >= 0.3 is 19.3 Å². The van der Waals surface area contributed by atoms with Gasteiger partial charge in [0.2, 0.25) is 0 Å². The molecule has 1 fully saturated rings. The largest absolute Gasteiger partial charge is 0.433 e. The van der Waals surface area contributed by atoms with Crippen LogP contribution in [0.2, 0.25) is 0 Å². The molecule has 202 valence electrons. The zero-order valence-electron chi connectivity index (χ0n) is 20.8. The Bertz CT molecular complexity index is 1370. The Kier molecular flexibility index (Phi) is 7.69. The molecule has 0 radical (unpaired) electrons. The van der Waals surface area contributed by atoms with Crippen molar-refractivity contribution in [3.05, 3.63) is 102 Å². The van der Waals surface area contributed by atoms with Gasteiger partial charge in [0, 0.05) is 11.4 Å². The maximum atomic E-state index is 14.0. The fourth-order valence-corrected chi connectivity index (χ4v) is 5.16. The monoisotopic (exact) mass is 542 g/mol. The summed E-state index contributed by atoms with van der Waals surface area (Å²) in [6.45, 7) is -0.0566. The van der Waals surface area contributed by atoms with Crippen LogP contribution in [0.25, 0.3) is 10.9 Å². The smallest absolute Gasteiger partial charge is 0.418 e. The first-order chi connectivity index (χ1) is 18.6. The molecule has 0 saturated carbocycles. The van der Waals surface area contributed by atoms with Gasteiger partial charge < -0.3 is 9.97 Å². The number of nitrogens with zero attached hydrogens (tertiary/aromatic N) is 1. The van der Waals surface area contributed by atoms with Crippen molar-refractivity contribution in [2.24, 2.45) is 0 Å². The van der Waals surface area contributed by atoms with Crippen molar-refractivity contribution in [1.29, 1.82) is 0 Å². The molecule has 5 rings (SSSR count). The molecular formula is C29H25BF6N2O. The third-order valence-electron chi connectivity index (χ3n) is 6.98. The molecule has 3 nitrogen and oxygen atoms in total. The molecule has 1 aromatic heterocycles. The summed E-state index contributed by atoms with van der Waals surface area (Å²) in [5.41, 5.74) is -1.78. The second-order valence-electron chi connectivity index (χ2n) is 9.61. The van der Waals surface area contributed by atoms with Crippen LogP contribution in [0.5, 0.6) is 0 Å². The predicted molar refractivity (Wildman–Crippen MR) is 139 cm³/mol. The summed E-state index contributed by atoms with van der Waals surface area (Å²) in [6, 6.07) is 22.2. The minimum absolute atomic E-state index is 0.0185. The summed E-state index contributed by atoms with van der Waals surface area (Å²) in [5, 5.41) is 3.33. The molecule has 2 atom stereocenters. The van der Waals surface area contributed by atoms with Gasteiger partial charge in [0.25, 0.3) is 0 Å². The van der Waals surface area contributed by atoms with Gasteiger partial charge in [-0.25, -0.2) is 4.98 Å². The molecule has 4 aromatic rings. The molecule has 1 saturated heterocycles. The molecule has 3 aromatic carbocycles. The Hall–Kier alpha value is -3.37. The van der Waals surface area contributed by atoms with Gasteiger partial charge in [-0.15, -0.1) is 0 Å². The fraction of sp³-hybridized carbons (Fsp3) is 0.276. The number of benzene rings is 3. The van der Waals surface area contributed by atoms with E-state index < -0.39 is 48.2 Å². The van der Waals surface area contributed by atoms with Crippen LogP contribution in [-0.2, 0) is 17.0 Å². The Balaban J connectivity index is 1.73. The van der Waals surface area contributed by atoms with E-state index in [4.69, 9.17) is 4.65 Å². The van der Waals surface area contributed by atoms with Crippen molar-refractivity contribution in [3.8, 4) is 0 Å². The fourth-order valence-electron chi connectivity index (χ4n) is 5.16. The number of fused-ring (bicyclic) bond motifs is 1. The average molecular weight is 542 g/mol. The van der Waals surface area contributed by atoms with Crippen molar-refractivity contribution >= 4 is 28.7 Å². The lowest BCUT2D eigenvalue weighted by Crippen LogP contribution is -2.49. The van der Waals surface area contributed by atoms with Crippen LogP contribution in [0.15, 0.2) is 84.9 Å². The van der Waals surface area contributed by atoms with Gasteiger partial charge in [-0.3, -0.25) is 0 Å². The lowest BCUT2D eigenvalue weighted by atomic mass is 9.55. The Morgan fingerprint density at radius 2 is 1.44 bits per heavy atom. The van der Waals surface area contributed by atoms with Crippen molar-refractivity contribution in [3.63, 3.8) is 0 Å². The molecule has 0 bridgehead atoms. The number of para-hydroxylation sites is 1. The van der Waals surface area contributed by atoms with Gasteiger partial charge in [0.1, 0.15) is 5.69 Å². The number of aromatic nitrogens is 1. The van der Waals surface area contributed by atoms with Gasteiger partial charge in [-0.2, -0.15) is 26.3 Å². The van der Waals surface area contributed by atoms with Crippen molar-refractivity contribution in [2.75, 3.05) is 6.54 Å². The number of halogens is 6. The van der Waals surface area contributed by atoms with Crippen molar-refractivity contribution in [1.82, 2.24) is 10.3 Å². The van der Waals surface area contributed by atoms with E-state index in [1.165, 1.54) is 12.1 Å². The summed E-state index contributed by atoms with van der Waals surface area (Å²) in [5.74, 6) is 0. The molecule has 0 spiro atoms. The summed E-state index contributed by atoms with van der Waals surface area (Å²) >= 11 is 0. The van der Waals surface area contributed by atoms with Gasteiger partial charge in [0.05, 0.1) is 17.2 Å². The molecule has 1 aliphatic rings. The van der Waals surface area contributed by atoms with Crippen LogP contribution in [0, 0.1) is 0 Å². The average Bonchev–Trinajstić information content (AvgIpc) is 2.93. The van der Waals surface area contributed by atoms with Crippen LogP contribution < -0.4 is 16.2 Å². The molecule has 1 aliphatic heterocycles. The topological polar surface area (TPSA) is 34.1 Å². The zero-order chi connectivity index (χ0) is 27.6. The highest BCUT2D eigenvalue weighted by atomic mass is 19.4. The minimum Gasteiger partial charge on any atom is -0.418 e. The number of nitrogens with one attached hydrogen (secondary N) is 1. The molecule has 2 heterocycles. The summed E-state index contributed by atoms with van der Waals surface area (Å²) in [7, 11) is 0. The third-order valence-corrected chi connectivity index (χ3v) is 6.98. The Morgan fingerprint density at radius 3 is 1.97 bits per heavy atom. The number of hydrogen-bond acceptors (Lipinski definition) is 3. The van der Waals surface area contributed by atoms with Crippen LogP contribution >= 0.6 is 0 Å². The lowest BCUT2D eigenvalue weighted by Gasteiger charge is -2.35. The number of hydrogen-bond donors (Lipinski definition) is 1. The minimum atomic E-state index is -4.95. The van der Waals surface area contributed by atoms with Crippen LogP contribution in [0.4, 0.5) is 26.3 Å².